The number of ether oxygens (including phenoxy) is 4. The second-order valence-electron chi connectivity index (χ2n) is 8.51. The van der Waals surface area contributed by atoms with Crippen LogP contribution in [0.1, 0.15) is 41.5 Å². The molecule has 0 radical (unpaired) electrons. The van der Waals surface area contributed by atoms with E-state index in [0.29, 0.717) is 0 Å². The van der Waals surface area contributed by atoms with E-state index in [2.05, 4.69) is 0 Å². The fourth-order valence-corrected chi connectivity index (χ4v) is 3.45. The predicted molar refractivity (Wildman–Crippen MR) is 91.7 cm³/mol. The molecule has 9 nitrogen and oxygen atoms in total. The van der Waals surface area contributed by atoms with Crippen LogP contribution in [0.3, 0.4) is 0 Å². The molecule has 1 N–H and O–H groups in total. The van der Waals surface area contributed by atoms with Gasteiger partial charge in [-0.3, -0.25) is 0 Å². The van der Waals surface area contributed by atoms with Crippen molar-refractivity contribution in [1.82, 2.24) is 4.90 Å². The number of nitrogens with zero attached hydrogens (tertiary/aromatic N) is 1. The summed E-state index contributed by atoms with van der Waals surface area (Å²) in [4.78, 5) is 38.4. The van der Waals surface area contributed by atoms with Crippen LogP contribution >= 0.6 is 0 Å². The molecule has 0 aromatic heterocycles. The summed E-state index contributed by atoms with van der Waals surface area (Å²) in [6.45, 7) is 8.89. The van der Waals surface area contributed by atoms with Crippen LogP contribution in [-0.2, 0) is 23.7 Å². The molecule has 3 aliphatic heterocycles. The van der Waals surface area contributed by atoms with Crippen molar-refractivity contribution in [2.24, 2.45) is 0 Å². The SMILES string of the molecule is CC1=CN([C@@H]2O[C@H](CF)[C@H]3OC(C)(C)O[C@H]32)C(=O)[NH+](C(=O)OC(C)(C)C)C1=O. The van der Waals surface area contributed by atoms with Crippen LogP contribution < -0.4 is 4.90 Å². The molecule has 0 aromatic carbocycles. The third kappa shape index (κ3) is 3.69. The van der Waals surface area contributed by atoms with E-state index in [4.69, 9.17) is 18.9 Å². The minimum atomic E-state index is -1.04. The molecule has 4 amide bonds. The van der Waals surface area contributed by atoms with Gasteiger partial charge in [0.05, 0.1) is 5.57 Å². The van der Waals surface area contributed by atoms with E-state index >= 15 is 0 Å². The number of urea groups is 1. The van der Waals surface area contributed by atoms with Crippen molar-refractivity contribution < 1.29 is 42.6 Å². The number of halogens is 1. The number of rotatable bonds is 2. The van der Waals surface area contributed by atoms with Crippen LogP contribution in [0.5, 0.6) is 0 Å². The van der Waals surface area contributed by atoms with Crippen molar-refractivity contribution in [3.8, 4) is 0 Å². The Kier molecular flexibility index (Phi) is 5.11. The van der Waals surface area contributed by atoms with E-state index < -0.39 is 65.5 Å². The normalized spacial score (nSPS) is 35.0. The highest BCUT2D eigenvalue weighted by Crippen LogP contribution is 2.40. The second-order valence-corrected chi connectivity index (χ2v) is 8.51. The Morgan fingerprint density at radius 1 is 1.29 bits per heavy atom. The highest BCUT2D eigenvalue weighted by Gasteiger charge is 2.60. The third-order valence-corrected chi connectivity index (χ3v) is 4.52. The maximum atomic E-state index is 13.4. The molecule has 0 aromatic rings. The van der Waals surface area contributed by atoms with Gasteiger partial charge < -0.3 is 18.9 Å². The number of hydrogen-bond acceptors (Lipinski definition) is 7. The Bertz CT molecular complexity index is 730. The molecular formula is C18H26FN2O7+. The number of carbonyl (C=O) groups is 3. The molecule has 0 spiro atoms. The summed E-state index contributed by atoms with van der Waals surface area (Å²) >= 11 is 0. The number of hydrogen-bond donors (Lipinski definition) is 1. The van der Waals surface area contributed by atoms with Crippen LogP contribution in [-0.4, -0.2) is 65.5 Å². The zero-order valence-corrected chi connectivity index (χ0v) is 16.8. The molecule has 0 bridgehead atoms. The molecule has 2 fully saturated rings. The van der Waals surface area contributed by atoms with Gasteiger partial charge in [-0.1, -0.05) is 4.90 Å². The molecule has 3 heterocycles. The minimum absolute atomic E-state index is 0.155. The number of nitrogens with one attached hydrogen (secondary N) is 1. The standard InChI is InChI=1S/C18H25FN2O7/c1-9-8-20(15(23)21(13(9)22)16(24)28-17(2,3)4)14-12-11(10(7-19)25-14)26-18(5,6)27-12/h8,10-12,14H,7H2,1-6H3/p+1/t10-,11-,12-,14-/m1/s1. The molecule has 0 aliphatic carbocycles. The van der Waals surface area contributed by atoms with Gasteiger partial charge >= 0.3 is 18.0 Å². The van der Waals surface area contributed by atoms with Gasteiger partial charge in [0.1, 0.15) is 30.6 Å². The van der Waals surface area contributed by atoms with E-state index in [1.54, 1.807) is 34.6 Å². The summed E-state index contributed by atoms with van der Waals surface area (Å²) in [5, 5.41) is 0. The van der Waals surface area contributed by atoms with Crippen LogP contribution in [0.25, 0.3) is 0 Å². The van der Waals surface area contributed by atoms with Gasteiger partial charge in [0.2, 0.25) is 0 Å². The molecule has 3 rings (SSSR count). The van der Waals surface area contributed by atoms with Crippen molar-refractivity contribution in [3.63, 3.8) is 0 Å². The Balaban J connectivity index is 1.90. The maximum absolute atomic E-state index is 13.4. The maximum Gasteiger partial charge on any atom is 0.532 e. The lowest BCUT2D eigenvalue weighted by molar-refractivity contribution is -0.657. The first-order chi connectivity index (χ1) is 12.8. The van der Waals surface area contributed by atoms with Crippen LogP contribution in [0, 0.1) is 0 Å². The summed E-state index contributed by atoms with van der Waals surface area (Å²) in [5.74, 6) is -1.69. The zero-order valence-electron chi connectivity index (χ0n) is 16.8. The first-order valence-corrected chi connectivity index (χ1v) is 9.08. The van der Waals surface area contributed by atoms with E-state index in [-0.39, 0.29) is 5.57 Å². The Morgan fingerprint density at radius 2 is 1.89 bits per heavy atom. The van der Waals surface area contributed by atoms with Crippen molar-refractivity contribution in [1.29, 1.82) is 0 Å². The Morgan fingerprint density at radius 3 is 2.46 bits per heavy atom. The summed E-state index contributed by atoms with van der Waals surface area (Å²) in [5.41, 5.74) is -0.729. The lowest BCUT2D eigenvalue weighted by Gasteiger charge is -2.32. The minimum Gasteiger partial charge on any atom is -0.414 e. The number of alkyl halides is 1. The van der Waals surface area contributed by atoms with Gasteiger partial charge in [0.25, 0.3) is 0 Å². The van der Waals surface area contributed by atoms with Crippen LogP contribution in [0.15, 0.2) is 11.8 Å². The van der Waals surface area contributed by atoms with Gasteiger partial charge in [0, 0.05) is 6.20 Å². The molecule has 5 atom stereocenters. The van der Waals surface area contributed by atoms with E-state index in [0.717, 1.165) is 4.90 Å². The molecule has 0 saturated carbocycles. The highest BCUT2D eigenvalue weighted by molar-refractivity contribution is 6.00. The first kappa shape index (κ1) is 20.8. The molecule has 1 unspecified atom stereocenters. The quantitative estimate of drug-likeness (QED) is 0.734. The van der Waals surface area contributed by atoms with Crippen molar-refractivity contribution >= 4 is 18.0 Å². The monoisotopic (exact) mass is 401 g/mol. The van der Waals surface area contributed by atoms with E-state index in [1.807, 2.05) is 0 Å². The van der Waals surface area contributed by atoms with Gasteiger partial charge in [-0.2, -0.15) is 4.79 Å². The zero-order chi connectivity index (χ0) is 21.0. The largest absolute Gasteiger partial charge is 0.532 e. The number of quaternary nitrogens is 1. The van der Waals surface area contributed by atoms with Crippen molar-refractivity contribution in [3.05, 3.63) is 11.8 Å². The lowest BCUT2D eigenvalue weighted by Crippen LogP contribution is -3.21. The van der Waals surface area contributed by atoms with Gasteiger partial charge in [-0.05, 0) is 41.5 Å². The smallest absolute Gasteiger partial charge is 0.414 e. The summed E-state index contributed by atoms with van der Waals surface area (Å²) in [6, 6.07) is -0.874. The van der Waals surface area contributed by atoms with Gasteiger partial charge in [0.15, 0.2) is 12.0 Å². The van der Waals surface area contributed by atoms with E-state index in [1.165, 1.54) is 13.1 Å². The average molecular weight is 401 g/mol. The number of alkyl carbamates (subject to hydrolysis) is 2. The average Bonchev–Trinajstić information content (AvgIpc) is 3.02. The molecule has 156 valence electrons. The molecule has 2 saturated heterocycles. The number of fused-ring (bicyclic) bond motifs is 1. The molecule has 3 aliphatic rings. The lowest BCUT2D eigenvalue weighted by atomic mass is 10.1. The fourth-order valence-electron chi connectivity index (χ4n) is 3.45. The molecule has 10 heteroatoms. The second kappa shape index (κ2) is 6.87. The molecular weight excluding hydrogens is 375 g/mol. The Hall–Kier alpha value is -1.88. The number of carbonyl (C=O) groups excluding carboxylic acids is 3. The van der Waals surface area contributed by atoms with Crippen molar-refractivity contribution in [2.45, 2.75) is 77.5 Å². The van der Waals surface area contributed by atoms with E-state index in [9.17, 15) is 18.8 Å². The van der Waals surface area contributed by atoms with Crippen molar-refractivity contribution in [2.75, 3.05) is 6.67 Å². The van der Waals surface area contributed by atoms with Crippen LogP contribution in [0.2, 0.25) is 0 Å². The highest BCUT2D eigenvalue weighted by atomic mass is 19.1. The number of imide groups is 3. The topological polar surface area (TPSA) is 95.8 Å². The summed E-state index contributed by atoms with van der Waals surface area (Å²) in [6.07, 6.45) is -3.18. The molecule has 28 heavy (non-hydrogen) atoms. The third-order valence-electron chi connectivity index (χ3n) is 4.52. The van der Waals surface area contributed by atoms with Gasteiger partial charge in [-0.25, -0.2) is 18.9 Å². The first-order valence-electron chi connectivity index (χ1n) is 9.08. The summed E-state index contributed by atoms with van der Waals surface area (Å²) in [7, 11) is 0. The predicted octanol–water partition coefficient (Wildman–Crippen LogP) is 0.887. The Labute approximate surface area is 162 Å². The van der Waals surface area contributed by atoms with Gasteiger partial charge in [-0.15, -0.1) is 0 Å². The fraction of sp³-hybridized carbons (Fsp3) is 0.722. The number of amides is 4. The van der Waals surface area contributed by atoms with Crippen LogP contribution in [0.4, 0.5) is 14.0 Å². The summed E-state index contributed by atoms with van der Waals surface area (Å²) < 4.78 is 35.8.